The number of anilines is 2. The van der Waals surface area contributed by atoms with E-state index in [4.69, 9.17) is 0 Å². The Morgan fingerprint density at radius 3 is 2.88 bits per heavy atom. The van der Waals surface area contributed by atoms with Crippen molar-refractivity contribution < 1.29 is 18.0 Å². The van der Waals surface area contributed by atoms with Gasteiger partial charge in [-0.3, -0.25) is 5.32 Å². The van der Waals surface area contributed by atoms with Gasteiger partial charge in [-0.25, -0.2) is 9.78 Å². The number of hydrogen-bond donors (Lipinski definition) is 2. The summed E-state index contributed by atoms with van der Waals surface area (Å²) in [6.45, 7) is 3.25. The summed E-state index contributed by atoms with van der Waals surface area (Å²) in [7, 11) is 0. The van der Waals surface area contributed by atoms with Gasteiger partial charge in [0.05, 0.1) is 0 Å². The Bertz CT molecular complexity index is 762. The molecule has 2 heterocycles. The van der Waals surface area contributed by atoms with Crippen LogP contribution in [0, 0.1) is 0 Å². The van der Waals surface area contributed by atoms with Crippen molar-refractivity contribution in [3.8, 4) is 0 Å². The number of rotatable bonds is 4. The minimum Gasteiger partial charge on any atom is -0.366 e. The number of para-hydroxylation sites is 1. The highest BCUT2D eigenvalue weighted by Gasteiger charge is 2.34. The summed E-state index contributed by atoms with van der Waals surface area (Å²) in [5.41, 5.74) is 1.43. The maximum Gasteiger partial charge on any atom is 0.434 e. The molecular weight excluding hydrogens is 353 g/mol. The molecule has 1 aliphatic rings. The van der Waals surface area contributed by atoms with Crippen molar-refractivity contribution in [2.24, 2.45) is 0 Å². The molecule has 0 saturated carbocycles. The topological polar surface area (TPSA) is 57.3 Å². The van der Waals surface area contributed by atoms with Gasteiger partial charge in [0, 0.05) is 30.2 Å². The molecule has 1 aromatic carbocycles. The lowest BCUT2D eigenvalue weighted by molar-refractivity contribution is -0.140. The number of benzene rings is 1. The first-order valence-corrected chi connectivity index (χ1v) is 8.64. The highest BCUT2D eigenvalue weighted by Crippen LogP contribution is 2.31. The van der Waals surface area contributed by atoms with Gasteiger partial charge in [-0.15, -0.1) is 11.3 Å². The average molecular weight is 370 g/mol. The van der Waals surface area contributed by atoms with Gasteiger partial charge in [0.25, 0.3) is 0 Å². The number of alkyl halides is 3. The van der Waals surface area contributed by atoms with Crippen molar-refractivity contribution in [3.05, 3.63) is 40.9 Å². The van der Waals surface area contributed by atoms with Crippen LogP contribution in [0.4, 0.5) is 28.8 Å². The number of carbonyl (C=O) groups is 1. The molecule has 1 unspecified atom stereocenters. The standard InChI is InChI=1S/C16H17F3N4OS/c1-10(23-7-6-11-4-2-3-5-12(11)23)8-20-14(24)22-15-21-13(9-25-15)16(17,18)19/h2-5,9-10H,6-8H2,1H3,(H2,20,21,22,24). The second kappa shape index (κ2) is 6.91. The van der Waals surface area contributed by atoms with Gasteiger partial charge in [0.1, 0.15) is 0 Å². The first-order chi connectivity index (χ1) is 11.8. The van der Waals surface area contributed by atoms with Gasteiger partial charge in [-0.05, 0) is 25.0 Å². The minimum absolute atomic E-state index is 0.0661. The smallest absolute Gasteiger partial charge is 0.366 e. The Balaban J connectivity index is 1.52. The fraction of sp³-hybridized carbons (Fsp3) is 0.375. The lowest BCUT2D eigenvalue weighted by Crippen LogP contribution is -2.42. The van der Waals surface area contributed by atoms with Crippen molar-refractivity contribution >= 4 is 28.2 Å². The van der Waals surface area contributed by atoms with Crippen molar-refractivity contribution in [1.29, 1.82) is 0 Å². The largest absolute Gasteiger partial charge is 0.434 e. The normalized spacial score (nSPS) is 15.0. The van der Waals surface area contributed by atoms with Gasteiger partial charge in [-0.1, -0.05) is 18.2 Å². The zero-order valence-corrected chi connectivity index (χ0v) is 14.2. The molecule has 0 saturated heterocycles. The van der Waals surface area contributed by atoms with E-state index in [9.17, 15) is 18.0 Å². The van der Waals surface area contributed by atoms with E-state index in [1.54, 1.807) is 0 Å². The summed E-state index contributed by atoms with van der Waals surface area (Å²) in [5.74, 6) is 0. The quantitative estimate of drug-likeness (QED) is 0.862. The monoisotopic (exact) mass is 370 g/mol. The number of fused-ring (bicyclic) bond motifs is 1. The molecule has 0 radical (unpaired) electrons. The molecule has 1 aliphatic heterocycles. The molecule has 2 amide bonds. The maximum absolute atomic E-state index is 12.5. The third-order valence-electron chi connectivity index (χ3n) is 4.03. The number of nitrogens with one attached hydrogen (secondary N) is 2. The number of halogens is 3. The minimum atomic E-state index is -4.51. The maximum atomic E-state index is 12.5. The van der Waals surface area contributed by atoms with Crippen LogP contribution in [0.2, 0.25) is 0 Å². The molecule has 2 aromatic rings. The molecule has 0 aliphatic carbocycles. The molecule has 5 nitrogen and oxygen atoms in total. The molecule has 0 spiro atoms. The Morgan fingerprint density at radius 2 is 2.16 bits per heavy atom. The molecule has 25 heavy (non-hydrogen) atoms. The van der Waals surface area contributed by atoms with Crippen LogP contribution >= 0.6 is 11.3 Å². The molecule has 3 rings (SSSR count). The number of urea groups is 1. The molecule has 1 aromatic heterocycles. The third-order valence-corrected chi connectivity index (χ3v) is 4.79. The summed E-state index contributed by atoms with van der Waals surface area (Å²) < 4.78 is 37.5. The van der Waals surface area contributed by atoms with Crippen molar-refractivity contribution in [1.82, 2.24) is 10.3 Å². The second-order valence-electron chi connectivity index (χ2n) is 5.79. The van der Waals surface area contributed by atoms with E-state index < -0.39 is 17.9 Å². The predicted octanol–water partition coefficient (Wildman–Crippen LogP) is 3.73. The van der Waals surface area contributed by atoms with Crippen molar-refractivity contribution in [2.45, 2.75) is 25.6 Å². The van der Waals surface area contributed by atoms with Crippen LogP contribution in [-0.2, 0) is 12.6 Å². The molecule has 134 valence electrons. The Hall–Kier alpha value is -2.29. The Morgan fingerprint density at radius 1 is 1.40 bits per heavy atom. The summed E-state index contributed by atoms with van der Waals surface area (Å²) in [5, 5.41) is 5.81. The lowest BCUT2D eigenvalue weighted by atomic mass is 10.2. The zero-order chi connectivity index (χ0) is 18.0. The van der Waals surface area contributed by atoms with E-state index in [2.05, 4.69) is 26.6 Å². The van der Waals surface area contributed by atoms with Crippen LogP contribution in [0.5, 0.6) is 0 Å². The predicted molar refractivity (Wildman–Crippen MR) is 91.1 cm³/mol. The lowest BCUT2D eigenvalue weighted by Gasteiger charge is -2.27. The van der Waals surface area contributed by atoms with Gasteiger partial charge < -0.3 is 10.2 Å². The molecule has 0 fully saturated rings. The molecule has 2 N–H and O–H groups in total. The Kier molecular flexibility index (Phi) is 4.85. The number of thiazole rings is 1. The third kappa shape index (κ3) is 4.04. The van der Waals surface area contributed by atoms with Gasteiger partial charge in [-0.2, -0.15) is 13.2 Å². The van der Waals surface area contributed by atoms with Crippen LogP contribution in [0.1, 0.15) is 18.2 Å². The highest BCUT2D eigenvalue weighted by molar-refractivity contribution is 7.13. The first-order valence-electron chi connectivity index (χ1n) is 7.76. The fourth-order valence-corrected chi connectivity index (χ4v) is 3.49. The van der Waals surface area contributed by atoms with E-state index in [0.717, 1.165) is 35.4 Å². The van der Waals surface area contributed by atoms with Crippen LogP contribution in [-0.4, -0.2) is 30.1 Å². The van der Waals surface area contributed by atoms with Crippen molar-refractivity contribution in [2.75, 3.05) is 23.3 Å². The Labute approximate surface area is 146 Å². The number of carbonyl (C=O) groups excluding carboxylic acids is 1. The van der Waals surface area contributed by atoms with E-state index >= 15 is 0 Å². The van der Waals surface area contributed by atoms with E-state index in [1.807, 2.05) is 25.1 Å². The van der Waals surface area contributed by atoms with E-state index in [-0.39, 0.29) is 11.2 Å². The van der Waals surface area contributed by atoms with Crippen LogP contribution < -0.4 is 15.5 Å². The van der Waals surface area contributed by atoms with Gasteiger partial charge >= 0.3 is 12.2 Å². The summed E-state index contributed by atoms with van der Waals surface area (Å²) in [6.07, 6.45) is -3.55. The van der Waals surface area contributed by atoms with Crippen LogP contribution in [0.15, 0.2) is 29.6 Å². The zero-order valence-electron chi connectivity index (χ0n) is 13.4. The second-order valence-corrected chi connectivity index (χ2v) is 6.65. The van der Waals surface area contributed by atoms with Gasteiger partial charge in [0.15, 0.2) is 10.8 Å². The highest BCUT2D eigenvalue weighted by atomic mass is 32.1. The average Bonchev–Trinajstić information content (AvgIpc) is 3.19. The first kappa shape index (κ1) is 17.5. The SMILES string of the molecule is CC(CNC(=O)Nc1nc(C(F)(F)F)cs1)N1CCc2ccccc21. The van der Waals surface area contributed by atoms with Crippen LogP contribution in [0.3, 0.4) is 0 Å². The molecular formula is C16H17F3N4OS. The number of nitrogens with zero attached hydrogens (tertiary/aromatic N) is 2. The number of amides is 2. The van der Waals surface area contributed by atoms with E-state index in [1.165, 1.54) is 5.56 Å². The number of aromatic nitrogens is 1. The van der Waals surface area contributed by atoms with E-state index in [0.29, 0.717) is 6.54 Å². The van der Waals surface area contributed by atoms with Crippen LogP contribution in [0.25, 0.3) is 0 Å². The summed E-state index contributed by atoms with van der Waals surface area (Å²) in [6, 6.07) is 7.61. The molecule has 9 heteroatoms. The molecule has 0 bridgehead atoms. The molecule has 1 atom stereocenters. The fourth-order valence-electron chi connectivity index (χ4n) is 2.77. The van der Waals surface area contributed by atoms with Gasteiger partial charge in [0.2, 0.25) is 0 Å². The van der Waals surface area contributed by atoms with Crippen molar-refractivity contribution in [3.63, 3.8) is 0 Å². The summed E-state index contributed by atoms with van der Waals surface area (Å²) >= 11 is 0.742. The summed E-state index contributed by atoms with van der Waals surface area (Å²) in [4.78, 5) is 17.5. The number of hydrogen-bond acceptors (Lipinski definition) is 4.